The highest BCUT2D eigenvalue weighted by Gasteiger charge is 2.28. The van der Waals surface area contributed by atoms with Crippen molar-refractivity contribution in [1.29, 1.82) is 0 Å². The van der Waals surface area contributed by atoms with Crippen LogP contribution in [-0.4, -0.2) is 45.5 Å². The van der Waals surface area contributed by atoms with Crippen LogP contribution in [0.15, 0.2) is 21.5 Å². The summed E-state index contributed by atoms with van der Waals surface area (Å²) in [5, 5.41) is 9.05. The fourth-order valence-corrected chi connectivity index (χ4v) is 4.30. The molecule has 1 N–H and O–H groups in total. The maximum Gasteiger partial charge on any atom is 0.311 e. The Labute approximate surface area is 145 Å². The molecule has 0 bridgehead atoms. The van der Waals surface area contributed by atoms with E-state index in [1.807, 2.05) is 11.0 Å². The summed E-state index contributed by atoms with van der Waals surface area (Å²) in [6.07, 6.45) is 4.56. The zero-order valence-electron chi connectivity index (χ0n) is 12.5. The molecule has 0 spiro atoms. The highest BCUT2D eigenvalue weighted by atomic mass is 79.9. The number of thiazole rings is 1. The Bertz CT molecular complexity index is 752. The predicted molar refractivity (Wildman–Crippen MR) is 92.7 cm³/mol. The molecule has 0 aliphatic carbocycles. The van der Waals surface area contributed by atoms with Crippen molar-refractivity contribution >= 4 is 43.9 Å². The Morgan fingerprint density at radius 3 is 2.87 bits per heavy atom. The van der Waals surface area contributed by atoms with E-state index in [4.69, 9.17) is 5.11 Å². The van der Waals surface area contributed by atoms with Gasteiger partial charge in [0.05, 0.1) is 5.52 Å². The summed E-state index contributed by atoms with van der Waals surface area (Å²) in [6, 6.07) is 1.83. The largest absolute Gasteiger partial charge is 0.396 e. The molecule has 3 rings (SSSR count). The van der Waals surface area contributed by atoms with Crippen LogP contribution in [0.4, 0.5) is 0 Å². The maximum atomic E-state index is 12.4. The molecule has 0 aromatic carbocycles. The van der Waals surface area contributed by atoms with E-state index in [1.54, 1.807) is 6.20 Å². The van der Waals surface area contributed by atoms with Crippen molar-refractivity contribution in [2.45, 2.75) is 25.4 Å². The van der Waals surface area contributed by atoms with E-state index in [-0.39, 0.29) is 11.5 Å². The van der Waals surface area contributed by atoms with E-state index in [0.29, 0.717) is 16.3 Å². The highest BCUT2D eigenvalue weighted by molar-refractivity contribution is 9.10. The van der Waals surface area contributed by atoms with E-state index in [1.165, 1.54) is 4.57 Å². The number of pyridine rings is 1. The van der Waals surface area contributed by atoms with Crippen molar-refractivity contribution in [3.05, 3.63) is 26.4 Å². The predicted octanol–water partition coefficient (Wildman–Crippen LogP) is 2.01. The van der Waals surface area contributed by atoms with Crippen LogP contribution in [0.5, 0.6) is 0 Å². The SMILES string of the molecule is O=CC(N1CCC(CCO)CC1)n1c(=O)sc2ncc(Br)cc21. The topological polar surface area (TPSA) is 75.4 Å². The molecule has 0 radical (unpaired) electrons. The van der Waals surface area contributed by atoms with Crippen LogP contribution in [0.3, 0.4) is 0 Å². The first-order chi connectivity index (χ1) is 11.1. The number of rotatable bonds is 5. The minimum atomic E-state index is -0.595. The van der Waals surface area contributed by atoms with E-state index in [2.05, 4.69) is 20.9 Å². The number of hydrogen-bond donors (Lipinski definition) is 1. The number of likely N-dealkylation sites (tertiary alicyclic amines) is 1. The first kappa shape index (κ1) is 16.8. The second-order valence-corrected chi connectivity index (χ2v) is 7.61. The summed E-state index contributed by atoms with van der Waals surface area (Å²) in [5.74, 6) is 0.496. The number of piperidine rings is 1. The fraction of sp³-hybridized carbons (Fsp3) is 0.533. The molecule has 1 aliphatic heterocycles. The molecule has 23 heavy (non-hydrogen) atoms. The number of aromatic nitrogens is 2. The molecule has 0 saturated carbocycles. The zero-order valence-corrected chi connectivity index (χ0v) is 14.9. The lowest BCUT2D eigenvalue weighted by Crippen LogP contribution is -2.42. The number of carbonyl (C=O) groups is 1. The van der Waals surface area contributed by atoms with Crippen molar-refractivity contribution < 1.29 is 9.90 Å². The Hall–Kier alpha value is -1.09. The first-order valence-corrected chi connectivity index (χ1v) is 9.21. The Morgan fingerprint density at radius 2 is 2.22 bits per heavy atom. The van der Waals surface area contributed by atoms with Crippen molar-refractivity contribution in [3.8, 4) is 0 Å². The summed E-state index contributed by atoms with van der Waals surface area (Å²) in [4.78, 5) is 30.8. The van der Waals surface area contributed by atoms with Gasteiger partial charge in [0.1, 0.15) is 11.0 Å². The molecule has 124 valence electrons. The molecular formula is C15H18BrN3O3S. The van der Waals surface area contributed by atoms with Crippen LogP contribution in [0.1, 0.15) is 25.4 Å². The molecule has 6 nitrogen and oxygen atoms in total. The van der Waals surface area contributed by atoms with Crippen molar-refractivity contribution in [2.75, 3.05) is 19.7 Å². The standard InChI is InChI=1S/C15H18BrN3O3S/c16-11-7-12-14(17-8-11)23-15(22)19(12)13(9-21)18-4-1-10(2-5-18)3-6-20/h7-10,13,20H,1-6H2. The molecule has 1 unspecified atom stereocenters. The van der Waals surface area contributed by atoms with Gasteiger partial charge in [-0.2, -0.15) is 0 Å². The van der Waals surface area contributed by atoms with Gasteiger partial charge in [-0.3, -0.25) is 19.1 Å². The maximum absolute atomic E-state index is 12.4. The van der Waals surface area contributed by atoms with Gasteiger partial charge >= 0.3 is 4.87 Å². The van der Waals surface area contributed by atoms with Gasteiger partial charge in [0, 0.05) is 30.4 Å². The van der Waals surface area contributed by atoms with Crippen LogP contribution in [0, 0.1) is 5.92 Å². The third-order valence-corrected chi connectivity index (χ3v) is 5.70. The van der Waals surface area contributed by atoms with E-state index >= 15 is 0 Å². The number of aldehydes is 1. The van der Waals surface area contributed by atoms with Crippen LogP contribution < -0.4 is 4.87 Å². The summed E-state index contributed by atoms with van der Waals surface area (Å²) in [5.41, 5.74) is 0.684. The lowest BCUT2D eigenvalue weighted by molar-refractivity contribution is -0.116. The average molecular weight is 400 g/mol. The van der Waals surface area contributed by atoms with Gasteiger partial charge in [-0.25, -0.2) is 4.98 Å². The summed E-state index contributed by atoms with van der Waals surface area (Å²) in [7, 11) is 0. The number of aliphatic hydroxyl groups is 1. The van der Waals surface area contributed by atoms with Gasteiger partial charge in [-0.15, -0.1) is 0 Å². The smallest absolute Gasteiger partial charge is 0.311 e. The number of fused-ring (bicyclic) bond motifs is 1. The van der Waals surface area contributed by atoms with Gasteiger partial charge in [0.25, 0.3) is 0 Å². The van der Waals surface area contributed by atoms with Crippen LogP contribution in [0.25, 0.3) is 10.3 Å². The molecule has 1 aliphatic rings. The molecule has 1 saturated heterocycles. The fourth-order valence-electron chi connectivity index (χ4n) is 3.15. The minimum Gasteiger partial charge on any atom is -0.396 e. The number of carbonyl (C=O) groups excluding carboxylic acids is 1. The number of hydrogen-bond acceptors (Lipinski definition) is 6. The van der Waals surface area contributed by atoms with Gasteiger partial charge < -0.3 is 5.11 Å². The van der Waals surface area contributed by atoms with Crippen molar-refractivity contribution in [3.63, 3.8) is 0 Å². The molecule has 1 fully saturated rings. The highest BCUT2D eigenvalue weighted by Crippen LogP contribution is 2.27. The normalized spacial score (nSPS) is 18.3. The summed E-state index contributed by atoms with van der Waals surface area (Å²) >= 11 is 4.43. The Balaban J connectivity index is 1.90. The van der Waals surface area contributed by atoms with Gasteiger partial charge in [0.2, 0.25) is 0 Å². The molecule has 8 heteroatoms. The molecule has 0 amide bonds. The molecular weight excluding hydrogens is 382 g/mol. The van der Waals surface area contributed by atoms with Crippen molar-refractivity contribution in [1.82, 2.24) is 14.5 Å². The number of nitrogens with zero attached hydrogens (tertiary/aromatic N) is 3. The van der Waals surface area contributed by atoms with Crippen LogP contribution in [-0.2, 0) is 4.79 Å². The average Bonchev–Trinajstić information content (AvgIpc) is 2.86. The second-order valence-electron chi connectivity index (χ2n) is 5.76. The molecule has 3 heterocycles. The number of halogens is 1. The monoisotopic (exact) mass is 399 g/mol. The zero-order chi connectivity index (χ0) is 16.4. The number of aliphatic hydroxyl groups excluding tert-OH is 1. The molecule has 2 aromatic rings. The lowest BCUT2D eigenvalue weighted by Gasteiger charge is -2.35. The van der Waals surface area contributed by atoms with Gasteiger partial charge in [0.15, 0.2) is 6.29 Å². The minimum absolute atomic E-state index is 0.166. The van der Waals surface area contributed by atoms with Crippen molar-refractivity contribution in [2.24, 2.45) is 5.92 Å². The Kier molecular flexibility index (Phi) is 5.25. The van der Waals surface area contributed by atoms with E-state index in [0.717, 1.165) is 54.4 Å². The summed E-state index contributed by atoms with van der Waals surface area (Å²) in [6.45, 7) is 1.70. The van der Waals surface area contributed by atoms with E-state index < -0.39 is 6.17 Å². The van der Waals surface area contributed by atoms with Crippen LogP contribution in [0.2, 0.25) is 0 Å². The lowest BCUT2D eigenvalue weighted by atomic mass is 9.94. The van der Waals surface area contributed by atoms with E-state index in [9.17, 15) is 9.59 Å². The van der Waals surface area contributed by atoms with Gasteiger partial charge in [-0.05, 0) is 47.2 Å². The van der Waals surface area contributed by atoms with Gasteiger partial charge in [-0.1, -0.05) is 11.3 Å². The third kappa shape index (κ3) is 3.40. The quantitative estimate of drug-likeness (QED) is 0.778. The summed E-state index contributed by atoms with van der Waals surface area (Å²) < 4.78 is 2.32. The second kappa shape index (κ2) is 7.21. The molecule has 2 aromatic heterocycles. The molecule has 1 atom stereocenters. The first-order valence-electron chi connectivity index (χ1n) is 7.61. The Morgan fingerprint density at radius 1 is 1.48 bits per heavy atom. The third-order valence-electron chi connectivity index (χ3n) is 4.39. The van der Waals surface area contributed by atoms with Crippen LogP contribution >= 0.6 is 27.3 Å².